The number of furan rings is 1. The van der Waals surface area contributed by atoms with E-state index in [1.807, 2.05) is 18.2 Å². The first-order valence-electron chi connectivity index (χ1n) is 15.8. The van der Waals surface area contributed by atoms with E-state index < -0.39 is 5.41 Å². The normalized spacial score (nSPS) is 46.6. The standard InChI is InChI=1S/C36H50O4/c1-22(2)25-13-16-36(31(38)39-8)18-17-34(6)26(29(25)36)11-12-28-33(5)21-23(20-24-10-9-19-40-24)30(37)32(3,4)27(33)14-15-35(28,34)7/h9-10,19-20,25-29H,1,11-18,21H2,2-8H3/b23-20-/t25-,26+,27-,28+,29-,33-,34+,35+,36-/m0/s1. The van der Waals surface area contributed by atoms with E-state index in [0.717, 1.165) is 62.7 Å². The van der Waals surface area contributed by atoms with Crippen molar-refractivity contribution in [2.45, 2.75) is 99.3 Å². The van der Waals surface area contributed by atoms with Crippen molar-refractivity contribution in [1.29, 1.82) is 0 Å². The first-order chi connectivity index (χ1) is 18.8. The van der Waals surface area contributed by atoms with E-state index in [0.29, 0.717) is 35.4 Å². The van der Waals surface area contributed by atoms with Crippen LogP contribution < -0.4 is 0 Å². The van der Waals surface area contributed by atoms with Crippen LogP contribution in [0.5, 0.6) is 0 Å². The molecule has 5 fully saturated rings. The minimum atomic E-state index is -0.395. The number of esters is 1. The Morgan fingerprint density at radius 3 is 2.40 bits per heavy atom. The van der Waals surface area contributed by atoms with Gasteiger partial charge in [-0.25, -0.2) is 0 Å². The molecule has 40 heavy (non-hydrogen) atoms. The van der Waals surface area contributed by atoms with Crippen molar-refractivity contribution in [2.75, 3.05) is 7.11 Å². The molecule has 0 N–H and O–H groups in total. The molecule has 0 amide bonds. The number of ether oxygens (including phenoxy) is 1. The van der Waals surface area contributed by atoms with Crippen molar-refractivity contribution in [3.8, 4) is 0 Å². The zero-order chi connectivity index (χ0) is 28.9. The van der Waals surface area contributed by atoms with Gasteiger partial charge in [0.1, 0.15) is 5.76 Å². The average molecular weight is 547 g/mol. The first-order valence-corrected chi connectivity index (χ1v) is 15.8. The van der Waals surface area contributed by atoms with Gasteiger partial charge in [0.2, 0.25) is 0 Å². The fourth-order valence-electron chi connectivity index (χ4n) is 12.2. The Bertz CT molecular complexity index is 1250. The van der Waals surface area contributed by atoms with Gasteiger partial charge in [-0.3, -0.25) is 9.59 Å². The van der Waals surface area contributed by atoms with Crippen LogP contribution in [-0.4, -0.2) is 18.9 Å². The van der Waals surface area contributed by atoms with Gasteiger partial charge < -0.3 is 9.15 Å². The molecule has 0 bridgehead atoms. The molecule has 0 saturated heterocycles. The van der Waals surface area contributed by atoms with E-state index >= 15 is 0 Å². The molecule has 5 aliphatic rings. The highest BCUT2D eigenvalue weighted by Crippen LogP contribution is 2.77. The van der Waals surface area contributed by atoms with Gasteiger partial charge in [-0.1, -0.05) is 46.8 Å². The van der Waals surface area contributed by atoms with Crippen molar-refractivity contribution < 1.29 is 18.7 Å². The molecule has 0 radical (unpaired) electrons. The molecule has 0 spiro atoms. The minimum absolute atomic E-state index is 0.0199. The van der Waals surface area contributed by atoms with Crippen molar-refractivity contribution in [1.82, 2.24) is 0 Å². The van der Waals surface area contributed by atoms with Crippen LogP contribution in [0.4, 0.5) is 0 Å². The number of Topliss-reactive ketones (excluding diaryl/α,β-unsaturated/α-hetero) is 1. The monoisotopic (exact) mass is 546 g/mol. The largest absolute Gasteiger partial charge is 0.469 e. The van der Waals surface area contributed by atoms with Crippen LogP contribution in [0.3, 0.4) is 0 Å². The van der Waals surface area contributed by atoms with Crippen LogP contribution in [0.1, 0.15) is 105 Å². The lowest BCUT2D eigenvalue weighted by Gasteiger charge is -2.72. The Morgan fingerprint density at radius 2 is 1.75 bits per heavy atom. The molecule has 6 rings (SSSR count). The molecule has 5 saturated carbocycles. The number of hydrogen-bond donors (Lipinski definition) is 0. The zero-order valence-electron chi connectivity index (χ0n) is 25.9. The number of hydrogen-bond acceptors (Lipinski definition) is 4. The van der Waals surface area contributed by atoms with E-state index in [4.69, 9.17) is 9.15 Å². The minimum Gasteiger partial charge on any atom is -0.469 e. The van der Waals surface area contributed by atoms with Crippen LogP contribution >= 0.6 is 0 Å². The van der Waals surface area contributed by atoms with Gasteiger partial charge in [0.05, 0.1) is 18.8 Å². The van der Waals surface area contributed by atoms with Gasteiger partial charge in [0.15, 0.2) is 5.78 Å². The van der Waals surface area contributed by atoms with Crippen LogP contribution in [0.2, 0.25) is 0 Å². The van der Waals surface area contributed by atoms with E-state index in [9.17, 15) is 9.59 Å². The maximum Gasteiger partial charge on any atom is 0.312 e. The van der Waals surface area contributed by atoms with Crippen molar-refractivity contribution in [2.24, 2.45) is 56.7 Å². The predicted octanol–water partition coefficient (Wildman–Crippen LogP) is 8.67. The molecular formula is C36H50O4. The van der Waals surface area contributed by atoms with Crippen LogP contribution in [0.15, 0.2) is 40.5 Å². The van der Waals surface area contributed by atoms with E-state index in [-0.39, 0.29) is 27.6 Å². The Kier molecular flexibility index (Phi) is 6.27. The van der Waals surface area contributed by atoms with E-state index in [1.54, 1.807) is 13.4 Å². The molecule has 218 valence electrons. The Morgan fingerprint density at radius 1 is 1.00 bits per heavy atom. The molecule has 4 heteroatoms. The third-order valence-electron chi connectivity index (χ3n) is 14.1. The predicted molar refractivity (Wildman–Crippen MR) is 158 cm³/mol. The molecule has 1 heterocycles. The summed E-state index contributed by atoms with van der Waals surface area (Å²) in [5.41, 5.74) is 1.75. The smallest absolute Gasteiger partial charge is 0.312 e. The molecule has 1 aromatic rings. The Hall–Kier alpha value is -2.10. The number of carbonyl (C=O) groups excluding carboxylic acids is 2. The SMILES string of the molecule is C=C(C)[C@@H]1CC[C@]2(C(=O)OC)CC[C@]3(C)[C@H](CC[C@@H]4[C@@]5(C)C/C(=C/c6ccco6)C(=O)C(C)(C)[C@@H]5CC[C@]43C)[C@H]12. The molecule has 5 aliphatic carbocycles. The fourth-order valence-corrected chi connectivity index (χ4v) is 12.2. The van der Waals surface area contributed by atoms with E-state index in [2.05, 4.69) is 48.1 Å². The van der Waals surface area contributed by atoms with Gasteiger partial charge in [-0.05, 0) is 134 Å². The van der Waals surface area contributed by atoms with Crippen molar-refractivity contribution >= 4 is 17.8 Å². The number of carbonyl (C=O) groups is 2. The summed E-state index contributed by atoms with van der Waals surface area (Å²) in [7, 11) is 1.58. The molecule has 0 aromatic carbocycles. The highest BCUT2D eigenvalue weighted by Gasteiger charge is 2.72. The topological polar surface area (TPSA) is 56.5 Å². The number of allylic oxidation sites excluding steroid dienone is 2. The number of rotatable bonds is 3. The molecule has 9 atom stereocenters. The third kappa shape index (κ3) is 3.43. The first kappa shape index (κ1) is 28.0. The summed E-state index contributed by atoms with van der Waals surface area (Å²) in [6.07, 6.45) is 13.1. The number of fused-ring (bicyclic) bond motifs is 7. The second-order valence-electron chi connectivity index (χ2n) is 15.7. The van der Waals surface area contributed by atoms with Gasteiger partial charge in [-0.15, -0.1) is 0 Å². The van der Waals surface area contributed by atoms with Crippen molar-refractivity contribution in [3.63, 3.8) is 0 Å². The number of methoxy groups -OCH3 is 1. The second kappa shape index (κ2) is 8.95. The fraction of sp³-hybridized carbons (Fsp3) is 0.722. The zero-order valence-corrected chi connectivity index (χ0v) is 25.9. The summed E-state index contributed by atoms with van der Waals surface area (Å²) in [6.45, 7) is 18.7. The van der Waals surface area contributed by atoms with Crippen LogP contribution in [0.25, 0.3) is 6.08 Å². The summed E-state index contributed by atoms with van der Waals surface area (Å²) in [5.74, 6) is 3.19. The molecule has 1 aromatic heterocycles. The summed E-state index contributed by atoms with van der Waals surface area (Å²) in [6, 6.07) is 3.85. The quantitative estimate of drug-likeness (QED) is 0.216. The highest BCUT2D eigenvalue weighted by molar-refractivity contribution is 6.04. The van der Waals surface area contributed by atoms with Gasteiger partial charge >= 0.3 is 5.97 Å². The maximum absolute atomic E-state index is 13.9. The lowest BCUT2D eigenvalue weighted by atomic mass is 9.32. The Balaban J connectivity index is 1.42. The molecule has 0 unspecified atom stereocenters. The second-order valence-corrected chi connectivity index (χ2v) is 15.7. The van der Waals surface area contributed by atoms with Crippen LogP contribution in [-0.2, 0) is 14.3 Å². The molecule has 4 nitrogen and oxygen atoms in total. The van der Waals surface area contributed by atoms with Gasteiger partial charge in [-0.2, -0.15) is 0 Å². The van der Waals surface area contributed by atoms with Gasteiger partial charge in [0.25, 0.3) is 0 Å². The third-order valence-corrected chi connectivity index (χ3v) is 14.1. The summed E-state index contributed by atoms with van der Waals surface area (Å²) in [4.78, 5) is 27.4. The molecular weight excluding hydrogens is 496 g/mol. The highest BCUT2D eigenvalue weighted by atomic mass is 16.5. The van der Waals surface area contributed by atoms with Crippen LogP contribution in [0, 0.1) is 56.7 Å². The Labute approximate surface area is 241 Å². The molecule has 0 aliphatic heterocycles. The number of ketones is 1. The lowest BCUT2D eigenvalue weighted by Crippen LogP contribution is -2.67. The van der Waals surface area contributed by atoms with Crippen molar-refractivity contribution in [3.05, 3.63) is 41.9 Å². The van der Waals surface area contributed by atoms with E-state index in [1.165, 1.54) is 12.0 Å². The average Bonchev–Trinajstić information content (AvgIpc) is 3.55. The summed E-state index contributed by atoms with van der Waals surface area (Å²) in [5, 5.41) is 0. The summed E-state index contributed by atoms with van der Waals surface area (Å²) < 4.78 is 11.2. The summed E-state index contributed by atoms with van der Waals surface area (Å²) >= 11 is 0. The van der Waals surface area contributed by atoms with Gasteiger partial charge in [0, 0.05) is 5.41 Å². The maximum atomic E-state index is 13.9. The lowest BCUT2D eigenvalue weighted by molar-refractivity contribution is -0.232.